The molecule has 0 fully saturated rings. The van der Waals surface area contributed by atoms with Crippen molar-refractivity contribution in [1.29, 1.82) is 0 Å². The molecule has 1 amide bonds. The van der Waals surface area contributed by atoms with Gasteiger partial charge in [-0.05, 0) is 49.2 Å². The first-order chi connectivity index (χ1) is 18.1. The number of imidazole rings is 1. The Balaban J connectivity index is 1.75. The highest BCUT2D eigenvalue weighted by Crippen LogP contribution is 2.34. The van der Waals surface area contributed by atoms with E-state index in [2.05, 4.69) is 20.7 Å². The lowest BCUT2D eigenvalue weighted by Gasteiger charge is -2.13. The maximum Gasteiger partial charge on any atom is 0.390 e. The van der Waals surface area contributed by atoms with Crippen LogP contribution in [0, 0.1) is 18.6 Å². The second-order valence-electron chi connectivity index (χ2n) is 8.51. The number of hydrogen-bond donors (Lipinski definition) is 2. The van der Waals surface area contributed by atoms with Gasteiger partial charge in [-0.15, -0.1) is 0 Å². The zero-order valence-corrected chi connectivity index (χ0v) is 21.3. The molecule has 0 bridgehead atoms. The molecule has 2 heterocycles. The Kier molecular flexibility index (Phi) is 8.20. The van der Waals surface area contributed by atoms with Crippen molar-refractivity contribution in [2.45, 2.75) is 42.8 Å². The molecule has 200 valence electrons. The molecule has 0 atom stereocenters. The zero-order valence-electron chi connectivity index (χ0n) is 20.5. The lowest BCUT2D eigenvalue weighted by Crippen LogP contribution is -2.24. The van der Waals surface area contributed by atoms with Crippen LogP contribution in [0.2, 0.25) is 0 Å². The minimum absolute atomic E-state index is 0.0296. The Bertz CT molecular complexity index is 1470. The van der Waals surface area contributed by atoms with Gasteiger partial charge in [0.1, 0.15) is 5.03 Å². The number of benzene rings is 2. The van der Waals surface area contributed by atoms with Crippen LogP contribution in [0.1, 0.15) is 35.7 Å². The predicted octanol–water partition coefficient (Wildman–Crippen LogP) is 6.64. The van der Waals surface area contributed by atoms with Crippen molar-refractivity contribution in [1.82, 2.24) is 19.9 Å². The number of hydrogen-bond acceptors (Lipinski definition) is 5. The van der Waals surface area contributed by atoms with Crippen LogP contribution in [0.5, 0.6) is 0 Å². The highest BCUT2D eigenvalue weighted by Gasteiger charge is 2.26. The number of amides is 1. The molecule has 6 nitrogen and oxygen atoms in total. The summed E-state index contributed by atoms with van der Waals surface area (Å²) in [6.45, 7) is 3.88. The monoisotopic (exact) mass is 549 g/mol. The summed E-state index contributed by atoms with van der Waals surface area (Å²) in [6.07, 6.45) is -3.12. The van der Waals surface area contributed by atoms with E-state index in [1.807, 2.05) is 6.92 Å². The Morgan fingerprint density at radius 3 is 2.61 bits per heavy atom. The fourth-order valence-electron chi connectivity index (χ4n) is 3.75. The van der Waals surface area contributed by atoms with Crippen molar-refractivity contribution >= 4 is 29.0 Å². The number of nitrogens with zero attached hydrogens (tertiary/aromatic N) is 3. The summed E-state index contributed by atoms with van der Waals surface area (Å²) in [5.74, 6) is -2.27. The van der Waals surface area contributed by atoms with E-state index < -0.39 is 30.8 Å². The van der Waals surface area contributed by atoms with Crippen LogP contribution in [0.15, 0.2) is 58.6 Å². The van der Waals surface area contributed by atoms with Crippen molar-refractivity contribution in [2.24, 2.45) is 0 Å². The van der Waals surface area contributed by atoms with Crippen LogP contribution in [0.4, 0.5) is 27.6 Å². The third kappa shape index (κ3) is 6.24. The highest BCUT2D eigenvalue weighted by molar-refractivity contribution is 7.99. The fourth-order valence-corrected chi connectivity index (χ4v) is 4.61. The van der Waals surface area contributed by atoms with Crippen LogP contribution in [0.25, 0.3) is 16.9 Å². The molecule has 2 N–H and O–H groups in total. The maximum absolute atomic E-state index is 14.3. The fraction of sp³-hybridized carbons (Fsp3) is 0.269. The number of alkyl halides is 3. The van der Waals surface area contributed by atoms with Gasteiger partial charge in [0.05, 0.1) is 28.9 Å². The van der Waals surface area contributed by atoms with Gasteiger partial charge in [-0.3, -0.25) is 4.79 Å². The van der Waals surface area contributed by atoms with E-state index in [1.165, 1.54) is 28.9 Å². The normalized spacial score (nSPS) is 11.7. The smallest absolute Gasteiger partial charge is 0.382 e. The molecule has 12 heteroatoms. The van der Waals surface area contributed by atoms with Crippen LogP contribution < -0.4 is 10.6 Å². The van der Waals surface area contributed by atoms with Crippen molar-refractivity contribution in [2.75, 3.05) is 18.4 Å². The van der Waals surface area contributed by atoms with Crippen molar-refractivity contribution in [3.63, 3.8) is 0 Å². The van der Waals surface area contributed by atoms with E-state index in [0.29, 0.717) is 28.9 Å². The minimum atomic E-state index is -4.36. The van der Waals surface area contributed by atoms with E-state index in [9.17, 15) is 26.7 Å². The number of aromatic nitrogens is 3. The largest absolute Gasteiger partial charge is 0.390 e. The Morgan fingerprint density at radius 2 is 1.89 bits per heavy atom. The van der Waals surface area contributed by atoms with E-state index in [1.54, 1.807) is 25.1 Å². The molecule has 0 saturated carbocycles. The number of halogens is 5. The quantitative estimate of drug-likeness (QED) is 0.229. The summed E-state index contributed by atoms with van der Waals surface area (Å²) in [5.41, 5.74) is 2.90. The summed E-state index contributed by atoms with van der Waals surface area (Å²) in [4.78, 5) is 16.8. The Hall–Kier alpha value is -3.67. The SMILES string of the molecule is CCCNC(=O)c1ccc(-c2cnc3c(NCCC(F)(F)F)cc(Sc4cccc(F)c4F)nn23)cc1C. The lowest BCUT2D eigenvalue weighted by molar-refractivity contribution is -0.131. The number of anilines is 1. The highest BCUT2D eigenvalue weighted by atomic mass is 32.2. The summed E-state index contributed by atoms with van der Waals surface area (Å²) >= 11 is 0.831. The molecule has 4 rings (SSSR count). The first kappa shape index (κ1) is 27.4. The Morgan fingerprint density at radius 1 is 1.11 bits per heavy atom. The lowest BCUT2D eigenvalue weighted by atomic mass is 10.0. The molecule has 0 aliphatic rings. The molecule has 2 aromatic heterocycles. The molecule has 0 radical (unpaired) electrons. The average Bonchev–Trinajstić information content (AvgIpc) is 3.28. The molecular formula is C26H24F5N5OS. The van der Waals surface area contributed by atoms with E-state index >= 15 is 0 Å². The van der Waals surface area contributed by atoms with E-state index in [0.717, 1.165) is 24.2 Å². The van der Waals surface area contributed by atoms with Gasteiger partial charge < -0.3 is 10.6 Å². The van der Waals surface area contributed by atoms with Gasteiger partial charge in [-0.2, -0.15) is 18.3 Å². The summed E-state index contributed by atoms with van der Waals surface area (Å²) in [6, 6.07) is 10.4. The maximum atomic E-state index is 14.3. The van der Waals surface area contributed by atoms with Crippen LogP contribution in [-0.4, -0.2) is 39.8 Å². The van der Waals surface area contributed by atoms with Gasteiger partial charge in [0.25, 0.3) is 5.91 Å². The number of nitrogens with one attached hydrogen (secondary N) is 2. The second kappa shape index (κ2) is 11.4. The number of carbonyl (C=O) groups excluding carboxylic acids is 1. The van der Waals surface area contributed by atoms with Gasteiger partial charge in [0.15, 0.2) is 17.3 Å². The van der Waals surface area contributed by atoms with Gasteiger partial charge >= 0.3 is 6.18 Å². The predicted molar refractivity (Wildman–Crippen MR) is 135 cm³/mol. The number of carbonyl (C=O) groups is 1. The summed E-state index contributed by atoms with van der Waals surface area (Å²) < 4.78 is 67.8. The van der Waals surface area contributed by atoms with Crippen molar-refractivity contribution in [3.8, 4) is 11.3 Å². The van der Waals surface area contributed by atoms with Crippen molar-refractivity contribution in [3.05, 3.63) is 71.4 Å². The number of rotatable bonds is 9. The molecule has 2 aromatic carbocycles. The first-order valence-corrected chi connectivity index (χ1v) is 12.6. The molecule has 0 saturated heterocycles. The topological polar surface area (TPSA) is 71.3 Å². The molecule has 0 unspecified atom stereocenters. The van der Waals surface area contributed by atoms with Gasteiger partial charge in [-0.25, -0.2) is 18.3 Å². The van der Waals surface area contributed by atoms with Crippen LogP contribution >= 0.6 is 11.8 Å². The van der Waals surface area contributed by atoms with E-state index in [4.69, 9.17) is 0 Å². The molecule has 38 heavy (non-hydrogen) atoms. The minimum Gasteiger partial charge on any atom is -0.382 e. The van der Waals surface area contributed by atoms with Gasteiger partial charge in [0.2, 0.25) is 0 Å². The third-order valence-electron chi connectivity index (χ3n) is 5.60. The van der Waals surface area contributed by atoms with Crippen LogP contribution in [-0.2, 0) is 0 Å². The van der Waals surface area contributed by atoms with Crippen LogP contribution in [0.3, 0.4) is 0 Å². The number of aryl methyl sites for hydroxylation is 1. The van der Waals surface area contributed by atoms with E-state index in [-0.39, 0.29) is 27.2 Å². The molecule has 0 aliphatic heterocycles. The number of fused-ring (bicyclic) bond motifs is 1. The summed E-state index contributed by atoms with van der Waals surface area (Å²) in [7, 11) is 0. The molecule has 4 aromatic rings. The van der Waals surface area contributed by atoms with Crippen molar-refractivity contribution < 1.29 is 26.7 Å². The zero-order chi connectivity index (χ0) is 27.4. The third-order valence-corrected chi connectivity index (χ3v) is 6.55. The Labute approximate surface area is 219 Å². The average molecular weight is 550 g/mol. The molecular weight excluding hydrogens is 525 g/mol. The second-order valence-corrected chi connectivity index (χ2v) is 9.57. The summed E-state index contributed by atoms with van der Waals surface area (Å²) in [5, 5.41) is 10.3. The van der Waals surface area contributed by atoms with Gasteiger partial charge in [0, 0.05) is 24.2 Å². The first-order valence-electron chi connectivity index (χ1n) is 11.8. The standard InChI is InChI=1S/C26H24F5N5OS/c1-3-10-33-25(37)17-8-7-16(12-15(17)2)20-14-34-24-19(32-11-9-26(29,30)31)13-22(35-36(20)24)38-21-6-4-5-18(27)23(21)28/h4-8,12-14,32H,3,9-11H2,1-2H3,(H,33,37). The van der Waals surface area contributed by atoms with Gasteiger partial charge in [-0.1, -0.05) is 30.8 Å². The molecule has 0 aliphatic carbocycles. The molecule has 0 spiro atoms.